The predicted octanol–water partition coefficient (Wildman–Crippen LogP) is 3.61. The molecular weight excluding hydrogens is 366 g/mol. The maximum Gasteiger partial charge on any atom is 0.507 e. The zero-order valence-corrected chi connectivity index (χ0v) is 15.1. The third-order valence-electron chi connectivity index (χ3n) is 4.72. The molecule has 1 heterocycles. The number of ether oxygens (including phenoxy) is 1. The lowest BCUT2D eigenvalue weighted by molar-refractivity contribution is -0.00659. The molecule has 1 aliphatic heterocycles. The van der Waals surface area contributed by atoms with Crippen LogP contribution in [0.2, 0.25) is 0 Å². The van der Waals surface area contributed by atoms with Gasteiger partial charge in [-0.3, -0.25) is 0 Å². The summed E-state index contributed by atoms with van der Waals surface area (Å²) < 4.78 is 32.6. The van der Waals surface area contributed by atoms with Gasteiger partial charge in [-0.15, -0.1) is 0 Å². The van der Waals surface area contributed by atoms with Crippen LogP contribution >= 0.6 is 0 Å². The molecule has 1 N–H and O–H groups in total. The van der Waals surface area contributed by atoms with E-state index >= 15 is 0 Å². The van der Waals surface area contributed by atoms with E-state index in [2.05, 4.69) is 0 Å². The van der Waals surface area contributed by atoms with Crippen LogP contribution in [0.3, 0.4) is 0 Å². The summed E-state index contributed by atoms with van der Waals surface area (Å²) in [5.41, 5.74) is 1.72. The van der Waals surface area contributed by atoms with Crippen molar-refractivity contribution in [1.29, 1.82) is 0 Å². The number of rotatable bonds is 3. The second kappa shape index (κ2) is 6.68. The van der Waals surface area contributed by atoms with Crippen molar-refractivity contribution in [2.24, 2.45) is 0 Å². The van der Waals surface area contributed by atoms with E-state index in [1.54, 1.807) is 12.1 Å². The number of sulfonamides is 1. The summed E-state index contributed by atoms with van der Waals surface area (Å²) >= 11 is 0. The molecule has 0 saturated heterocycles. The molecule has 0 aromatic heterocycles. The fraction of sp³-hybridized carbons (Fsp3) is 0.150. The lowest BCUT2D eigenvalue weighted by Gasteiger charge is -2.34. The first-order chi connectivity index (χ1) is 12.9. The summed E-state index contributed by atoms with van der Waals surface area (Å²) in [4.78, 5) is 11.2. The number of hydrogen-bond acceptors (Lipinski definition) is 4. The van der Waals surface area contributed by atoms with E-state index in [0.717, 1.165) is 26.2 Å². The smallest absolute Gasteiger partial charge is 0.450 e. The van der Waals surface area contributed by atoms with E-state index < -0.39 is 22.4 Å². The van der Waals surface area contributed by atoms with Gasteiger partial charge in [-0.1, -0.05) is 54.6 Å². The first-order valence-electron chi connectivity index (χ1n) is 8.42. The predicted molar refractivity (Wildman–Crippen MR) is 99.7 cm³/mol. The minimum Gasteiger partial charge on any atom is -0.450 e. The van der Waals surface area contributed by atoms with Crippen molar-refractivity contribution < 1.29 is 23.1 Å². The Morgan fingerprint density at radius 2 is 1.63 bits per heavy atom. The first-order valence-corrected chi connectivity index (χ1v) is 9.86. The normalized spacial score (nSPS) is 17.4. The molecule has 0 aliphatic carbocycles. The zero-order valence-electron chi connectivity index (χ0n) is 14.3. The second-order valence-electron chi connectivity index (χ2n) is 6.37. The third kappa shape index (κ3) is 3.27. The highest BCUT2D eigenvalue weighted by atomic mass is 32.2. The van der Waals surface area contributed by atoms with Crippen molar-refractivity contribution in [2.75, 3.05) is 0 Å². The lowest BCUT2D eigenvalue weighted by Crippen LogP contribution is -2.46. The zero-order chi connectivity index (χ0) is 19.0. The Morgan fingerprint density at radius 1 is 0.963 bits per heavy atom. The van der Waals surface area contributed by atoms with E-state index in [1.807, 2.05) is 48.5 Å². The number of nitrogens with zero attached hydrogens (tertiary/aromatic N) is 1. The van der Waals surface area contributed by atoms with Gasteiger partial charge in [0.2, 0.25) is 10.0 Å². The molecule has 0 unspecified atom stereocenters. The van der Waals surface area contributed by atoms with Gasteiger partial charge in [0.1, 0.15) is 0 Å². The van der Waals surface area contributed by atoms with Crippen LogP contribution in [0.25, 0.3) is 10.8 Å². The molecule has 1 aliphatic rings. The van der Waals surface area contributed by atoms with Crippen molar-refractivity contribution in [3.8, 4) is 0 Å². The molecule has 6 nitrogen and oxygen atoms in total. The highest BCUT2D eigenvalue weighted by Gasteiger charge is 2.38. The highest BCUT2D eigenvalue weighted by molar-refractivity contribution is 7.89. The van der Waals surface area contributed by atoms with Gasteiger partial charge >= 0.3 is 6.16 Å². The summed E-state index contributed by atoms with van der Waals surface area (Å²) in [6.45, 7) is 0.0588. The topological polar surface area (TPSA) is 83.9 Å². The van der Waals surface area contributed by atoms with Crippen LogP contribution in [0.1, 0.15) is 11.1 Å². The Hall–Kier alpha value is -2.90. The Bertz CT molecular complexity index is 1130. The molecule has 4 rings (SSSR count). The Morgan fingerprint density at radius 3 is 2.37 bits per heavy atom. The van der Waals surface area contributed by atoms with Crippen molar-refractivity contribution in [1.82, 2.24) is 4.31 Å². The summed E-state index contributed by atoms with van der Waals surface area (Å²) in [7, 11) is -3.95. The summed E-state index contributed by atoms with van der Waals surface area (Å²) in [5.74, 6) is 0. The molecule has 0 bridgehead atoms. The lowest BCUT2D eigenvalue weighted by atomic mass is 10.0. The monoisotopic (exact) mass is 383 g/mol. The van der Waals surface area contributed by atoms with Crippen molar-refractivity contribution in [3.05, 3.63) is 77.9 Å². The maximum absolute atomic E-state index is 13.3. The van der Waals surface area contributed by atoms with Gasteiger partial charge in [0.15, 0.2) is 6.23 Å². The SMILES string of the molecule is O=C(O)O[C@@H]1Cc2ccccc2CN1S(=O)(=O)c1ccc2ccccc2c1. The average Bonchev–Trinajstić information content (AvgIpc) is 2.66. The van der Waals surface area contributed by atoms with Crippen molar-refractivity contribution in [2.45, 2.75) is 24.1 Å². The second-order valence-corrected chi connectivity index (χ2v) is 8.26. The molecule has 7 heteroatoms. The minimum absolute atomic E-state index is 0.0588. The van der Waals surface area contributed by atoms with Crippen molar-refractivity contribution in [3.63, 3.8) is 0 Å². The Balaban J connectivity index is 1.78. The molecule has 27 heavy (non-hydrogen) atoms. The third-order valence-corrected chi connectivity index (χ3v) is 6.56. The molecule has 0 saturated carbocycles. The van der Waals surface area contributed by atoms with Gasteiger partial charge in [0, 0.05) is 13.0 Å². The van der Waals surface area contributed by atoms with E-state index in [1.165, 1.54) is 6.07 Å². The number of carboxylic acid groups (broad SMARTS) is 1. The molecule has 3 aromatic carbocycles. The average molecular weight is 383 g/mol. The molecule has 3 aromatic rings. The maximum atomic E-state index is 13.3. The summed E-state index contributed by atoms with van der Waals surface area (Å²) in [6, 6.07) is 19.7. The molecule has 0 radical (unpaired) electrons. The molecule has 0 fully saturated rings. The fourth-order valence-electron chi connectivity index (χ4n) is 3.39. The van der Waals surface area contributed by atoms with Gasteiger partial charge in [-0.2, -0.15) is 4.31 Å². The van der Waals surface area contributed by atoms with Crippen LogP contribution in [-0.4, -0.2) is 30.2 Å². The number of hydrogen-bond donors (Lipinski definition) is 1. The molecule has 0 spiro atoms. The first kappa shape index (κ1) is 17.5. The van der Waals surface area contributed by atoms with Gasteiger partial charge in [-0.05, 0) is 34.0 Å². The quantitative estimate of drug-likeness (QED) is 0.699. The van der Waals surface area contributed by atoms with Gasteiger partial charge < -0.3 is 9.84 Å². The number of fused-ring (bicyclic) bond motifs is 2. The van der Waals surface area contributed by atoms with Crippen molar-refractivity contribution >= 4 is 27.0 Å². The molecule has 1 atom stereocenters. The standard InChI is InChI=1S/C20H17NO5S/c22-20(23)26-19-12-16-7-3-4-8-17(16)13-21(19)27(24,25)18-10-9-14-5-1-2-6-15(14)11-18/h1-11,19H,12-13H2,(H,22,23)/t19-/m1/s1. The fourth-order valence-corrected chi connectivity index (χ4v) is 4.91. The summed E-state index contributed by atoms with van der Waals surface area (Å²) in [5, 5.41) is 10.8. The largest absolute Gasteiger partial charge is 0.507 e. The van der Waals surface area contributed by atoms with E-state index in [9.17, 15) is 13.2 Å². The number of benzene rings is 3. The Labute approximate surface area is 156 Å². The molecular formula is C20H17NO5S. The van der Waals surface area contributed by atoms with E-state index in [4.69, 9.17) is 9.84 Å². The van der Waals surface area contributed by atoms with Gasteiger partial charge in [-0.25, -0.2) is 13.2 Å². The molecule has 0 amide bonds. The van der Waals surface area contributed by atoms with Crippen LogP contribution in [0.5, 0.6) is 0 Å². The van der Waals surface area contributed by atoms with E-state index in [0.29, 0.717) is 0 Å². The van der Waals surface area contributed by atoms with Gasteiger partial charge in [0.05, 0.1) is 4.90 Å². The van der Waals surface area contributed by atoms with Gasteiger partial charge in [0.25, 0.3) is 0 Å². The Kier molecular flexibility index (Phi) is 4.33. The number of carbonyl (C=O) groups is 1. The van der Waals surface area contributed by atoms with Crippen LogP contribution in [0, 0.1) is 0 Å². The van der Waals surface area contributed by atoms with Crippen LogP contribution < -0.4 is 0 Å². The van der Waals surface area contributed by atoms with Crippen LogP contribution in [-0.2, 0) is 27.7 Å². The molecule has 138 valence electrons. The highest BCUT2D eigenvalue weighted by Crippen LogP contribution is 2.30. The van der Waals surface area contributed by atoms with E-state index in [-0.39, 0.29) is 17.9 Å². The van der Waals surface area contributed by atoms with Crippen LogP contribution in [0.15, 0.2) is 71.6 Å². The summed E-state index contributed by atoms with van der Waals surface area (Å²) in [6.07, 6.45) is -2.43. The minimum atomic E-state index is -3.95. The van der Waals surface area contributed by atoms with Crippen LogP contribution in [0.4, 0.5) is 4.79 Å².